The van der Waals surface area contributed by atoms with E-state index in [4.69, 9.17) is 37.4 Å². The highest BCUT2D eigenvalue weighted by molar-refractivity contribution is 6.53. The molecule has 0 amide bonds. The van der Waals surface area contributed by atoms with Gasteiger partial charge in [-0.05, 0) is 39.0 Å². The van der Waals surface area contributed by atoms with E-state index in [1.807, 2.05) is 0 Å². The van der Waals surface area contributed by atoms with Gasteiger partial charge in [-0.1, -0.05) is 36.0 Å². The van der Waals surface area contributed by atoms with Crippen molar-refractivity contribution in [2.24, 2.45) is 22.7 Å². The van der Waals surface area contributed by atoms with Crippen molar-refractivity contribution in [3.63, 3.8) is 0 Å². The fraction of sp³-hybridized carbons (Fsp3) is 0.850. The van der Waals surface area contributed by atoms with Crippen LogP contribution in [-0.2, 0) is 28.6 Å². The molecule has 0 radical (unpaired) electrons. The van der Waals surface area contributed by atoms with E-state index in [1.165, 1.54) is 0 Å². The first-order valence-corrected chi connectivity index (χ1v) is 10.9. The molecule has 5 atom stereocenters. The molecule has 1 heterocycles. The molecule has 0 aromatic carbocycles. The third-order valence-electron chi connectivity index (χ3n) is 7.54. The highest BCUT2D eigenvalue weighted by atomic mass is 35.5. The third-order valence-corrected chi connectivity index (χ3v) is 8.83. The Bertz CT molecular complexity index is 723. The lowest BCUT2D eigenvalue weighted by Gasteiger charge is -2.50. The van der Waals surface area contributed by atoms with Crippen LogP contribution in [0.2, 0.25) is 0 Å². The molecule has 1 aliphatic heterocycles. The first kappa shape index (κ1) is 20.3. The van der Waals surface area contributed by atoms with Gasteiger partial charge in [0.15, 0.2) is 9.93 Å². The maximum atomic E-state index is 13.3. The van der Waals surface area contributed by atoms with Gasteiger partial charge in [-0.2, -0.15) is 0 Å². The molecule has 6 nitrogen and oxygen atoms in total. The number of halogens is 2. The summed E-state index contributed by atoms with van der Waals surface area (Å²) in [6.07, 6.45) is 3.43. The van der Waals surface area contributed by atoms with Crippen LogP contribution < -0.4 is 0 Å². The van der Waals surface area contributed by atoms with Gasteiger partial charge < -0.3 is 14.2 Å². The van der Waals surface area contributed by atoms with Crippen LogP contribution in [0.1, 0.15) is 58.8 Å². The van der Waals surface area contributed by atoms with Gasteiger partial charge in [0.1, 0.15) is 0 Å². The molecular formula is C20H26Cl2O6. The molecule has 2 bridgehead atoms. The van der Waals surface area contributed by atoms with E-state index >= 15 is 0 Å². The van der Waals surface area contributed by atoms with Crippen LogP contribution >= 0.6 is 23.2 Å². The van der Waals surface area contributed by atoms with Gasteiger partial charge in [0, 0.05) is 12.8 Å². The summed E-state index contributed by atoms with van der Waals surface area (Å²) in [5, 5.41) is 0. The molecule has 156 valence electrons. The monoisotopic (exact) mass is 432 g/mol. The van der Waals surface area contributed by atoms with Crippen molar-refractivity contribution in [3.05, 3.63) is 0 Å². The van der Waals surface area contributed by atoms with Gasteiger partial charge in [0.25, 0.3) is 0 Å². The Morgan fingerprint density at radius 2 is 1.86 bits per heavy atom. The lowest BCUT2D eigenvalue weighted by Crippen LogP contribution is -2.57. The Hall–Kier alpha value is -1.01. The number of rotatable bonds is 4. The zero-order valence-electron chi connectivity index (χ0n) is 16.2. The molecule has 4 fully saturated rings. The van der Waals surface area contributed by atoms with Crippen LogP contribution in [0.3, 0.4) is 0 Å². The summed E-state index contributed by atoms with van der Waals surface area (Å²) >= 11 is 13.7. The van der Waals surface area contributed by atoms with Crippen molar-refractivity contribution in [2.45, 2.75) is 68.7 Å². The highest BCUT2D eigenvalue weighted by Crippen LogP contribution is 2.87. The summed E-state index contributed by atoms with van der Waals surface area (Å²) in [6.45, 7) is 3.85. The van der Waals surface area contributed by atoms with E-state index in [0.717, 1.165) is 12.8 Å². The van der Waals surface area contributed by atoms with E-state index in [1.54, 1.807) is 13.8 Å². The predicted molar refractivity (Wildman–Crippen MR) is 101 cm³/mol. The predicted octanol–water partition coefficient (Wildman–Crippen LogP) is 3.56. The van der Waals surface area contributed by atoms with Gasteiger partial charge in [0.2, 0.25) is 0 Å². The molecule has 0 unspecified atom stereocenters. The van der Waals surface area contributed by atoms with Crippen LogP contribution in [0.25, 0.3) is 0 Å². The first-order chi connectivity index (χ1) is 13.2. The van der Waals surface area contributed by atoms with Crippen LogP contribution in [0, 0.1) is 22.7 Å². The van der Waals surface area contributed by atoms with Gasteiger partial charge in [-0.15, -0.1) is 0 Å². The standard InChI is InChI=1S/C20H26Cl2O6/c1-3-26-15(24)14-12-7-5-6-9-18(12)19(20(18,21)22)11-17(14,16(25)27-4-2)10-8-13(23)28-19/h12,14H,3-11H2,1-2H3/t12-,14+,17+,18+,19+/m0/s1. The van der Waals surface area contributed by atoms with Gasteiger partial charge >= 0.3 is 17.9 Å². The maximum Gasteiger partial charge on any atom is 0.313 e. The Morgan fingerprint density at radius 1 is 1.14 bits per heavy atom. The number of carbonyl (C=O) groups is 3. The number of esters is 3. The fourth-order valence-electron chi connectivity index (χ4n) is 6.56. The number of carbonyl (C=O) groups excluding carboxylic acids is 3. The minimum absolute atomic E-state index is 0.0170. The molecule has 3 saturated carbocycles. The minimum Gasteiger partial charge on any atom is -0.466 e. The fourth-order valence-corrected chi connectivity index (χ4v) is 7.79. The topological polar surface area (TPSA) is 78.9 Å². The SMILES string of the molecule is CCOC(=O)[C@H]1[C@@H]2CCCC[C@@]23C(Cl)(Cl)[C@@]32C[C@]1(C(=O)OCC)CCC(=O)O2. The van der Waals surface area contributed by atoms with Crippen molar-refractivity contribution < 1.29 is 28.6 Å². The molecule has 0 N–H and O–H groups in total. The second-order valence-corrected chi connectivity index (χ2v) is 9.81. The van der Waals surface area contributed by atoms with Crippen molar-refractivity contribution in [2.75, 3.05) is 13.2 Å². The number of hydrogen-bond donors (Lipinski definition) is 0. The second kappa shape index (κ2) is 6.49. The normalized spacial score (nSPS) is 42.9. The van der Waals surface area contributed by atoms with Gasteiger partial charge in [0.05, 0.1) is 30.0 Å². The number of fused-ring (bicyclic) bond motifs is 1. The molecule has 1 saturated heterocycles. The van der Waals surface area contributed by atoms with Crippen molar-refractivity contribution >= 4 is 41.1 Å². The van der Waals surface area contributed by atoms with Crippen molar-refractivity contribution in [3.8, 4) is 0 Å². The first-order valence-electron chi connectivity index (χ1n) is 10.2. The molecule has 4 aliphatic rings. The number of hydrogen-bond acceptors (Lipinski definition) is 6. The smallest absolute Gasteiger partial charge is 0.313 e. The van der Waals surface area contributed by atoms with Crippen molar-refractivity contribution in [1.29, 1.82) is 0 Å². The van der Waals surface area contributed by atoms with E-state index in [-0.39, 0.29) is 38.4 Å². The number of ether oxygens (including phenoxy) is 3. The Labute approximate surface area is 174 Å². The summed E-state index contributed by atoms with van der Waals surface area (Å²) in [6, 6.07) is 0. The zero-order chi connectivity index (χ0) is 20.4. The summed E-state index contributed by atoms with van der Waals surface area (Å²) in [7, 11) is 0. The van der Waals surface area contributed by atoms with Crippen LogP contribution in [-0.4, -0.2) is 41.1 Å². The van der Waals surface area contributed by atoms with Crippen LogP contribution in [0.5, 0.6) is 0 Å². The molecule has 28 heavy (non-hydrogen) atoms. The van der Waals surface area contributed by atoms with E-state index in [0.29, 0.717) is 12.8 Å². The van der Waals surface area contributed by atoms with Gasteiger partial charge in [-0.3, -0.25) is 14.4 Å². The summed E-state index contributed by atoms with van der Waals surface area (Å²) in [4.78, 5) is 39.0. The van der Waals surface area contributed by atoms with Gasteiger partial charge in [-0.25, -0.2) is 0 Å². The molecule has 4 rings (SSSR count). The maximum absolute atomic E-state index is 13.3. The summed E-state index contributed by atoms with van der Waals surface area (Å²) in [5.41, 5.74) is -3.10. The molecule has 0 aromatic rings. The Kier molecular flexibility index (Phi) is 4.70. The summed E-state index contributed by atoms with van der Waals surface area (Å²) in [5.74, 6) is -2.38. The molecule has 3 aliphatic carbocycles. The average Bonchev–Trinajstić information content (AvgIpc) is 3.11. The largest absolute Gasteiger partial charge is 0.466 e. The second-order valence-electron chi connectivity index (χ2n) is 8.48. The van der Waals surface area contributed by atoms with E-state index < -0.39 is 44.6 Å². The lowest BCUT2D eigenvalue weighted by molar-refractivity contribution is -0.190. The van der Waals surface area contributed by atoms with Crippen molar-refractivity contribution in [1.82, 2.24) is 0 Å². The molecule has 8 heteroatoms. The number of alkyl halides is 2. The Morgan fingerprint density at radius 3 is 2.54 bits per heavy atom. The highest BCUT2D eigenvalue weighted by Gasteiger charge is 2.96. The third kappa shape index (κ3) is 2.19. The zero-order valence-corrected chi connectivity index (χ0v) is 17.7. The van der Waals surface area contributed by atoms with E-state index in [9.17, 15) is 14.4 Å². The average molecular weight is 433 g/mol. The van der Waals surface area contributed by atoms with E-state index in [2.05, 4.69) is 0 Å². The summed E-state index contributed by atoms with van der Waals surface area (Å²) < 4.78 is 15.4. The lowest BCUT2D eigenvalue weighted by atomic mass is 9.52. The quantitative estimate of drug-likeness (QED) is 0.383. The Balaban J connectivity index is 1.92. The van der Waals surface area contributed by atoms with Crippen LogP contribution in [0.4, 0.5) is 0 Å². The molecule has 0 aromatic heterocycles. The van der Waals surface area contributed by atoms with Crippen LogP contribution in [0.15, 0.2) is 0 Å². The molecule has 2 spiro atoms. The minimum atomic E-state index is -1.33. The molecular weight excluding hydrogens is 407 g/mol.